The number of carbonyl (C=O) groups excluding carboxylic acids is 1. The van der Waals surface area contributed by atoms with E-state index in [4.69, 9.17) is 15.6 Å². The largest absolute Gasteiger partial charge is 0.443 e. The number of nitrogens with zero attached hydrogens (tertiary/aromatic N) is 4. The third-order valence-corrected chi connectivity index (χ3v) is 6.13. The van der Waals surface area contributed by atoms with Gasteiger partial charge in [0.05, 0.1) is 23.7 Å². The normalized spacial score (nSPS) is 12.6. The van der Waals surface area contributed by atoms with Gasteiger partial charge in [-0.3, -0.25) is 9.36 Å². The summed E-state index contributed by atoms with van der Waals surface area (Å²) in [6.45, 7) is 10.7. The van der Waals surface area contributed by atoms with Crippen molar-refractivity contribution >= 4 is 27.8 Å². The Labute approximate surface area is 204 Å². The zero-order valence-electron chi connectivity index (χ0n) is 20.5. The van der Waals surface area contributed by atoms with E-state index in [2.05, 4.69) is 16.6 Å². The lowest BCUT2D eigenvalue weighted by Gasteiger charge is -2.25. The van der Waals surface area contributed by atoms with Crippen molar-refractivity contribution in [3.05, 3.63) is 57.8 Å². The van der Waals surface area contributed by atoms with Crippen molar-refractivity contribution in [2.45, 2.75) is 65.6 Å². The molecule has 3 rings (SSSR count). The lowest BCUT2D eigenvalue weighted by molar-refractivity contribution is 0.0245. The first-order valence-electron chi connectivity index (χ1n) is 11.5. The molecule has 0 spiro atoms. The van der Waals surface area contributed by atoms with Crippen LogP contribution in [0.15, 0.2) is 35.1 Å². The highest BCUT2D eigenvalue weighted by atomic mass is 32.1. The standard InChI is InChI=1S/C24H34N6O3S/c1-6-18(26-13-10-14-30(25)23(32)33-24(3,4)5)20-27-21-19(16(2)28-34-21)22(31)29(20)15-17-11-8-7-9-12-17/h7-9,11-12,18,26H,6,10,13-15,25H2,1-5H3. The molecule has 0 fully saturated rings. The second kappa shape index (κ2) is 11.1. The predicted molar refractivity (Wildman–Crippen MR) is 135 cm³/mol. The smallest absolute Gasteiger partial charge is 0.424 e. The molecule has 0 radical (unpaired) electrons. The summed E-state index contributed by atoms with van der Waals surface area (Å²) in [5, 5.41) is 5.15. The van der Waals surface area contributed by atoms with Gasteiger partial charge in [-0.1, -0.05) is 37.3 Å². The van der Waals surface area contributed by atoms with Gasteiger partial charge in [-0.25, -0.2) is 20.6 Å². The maximum atomic E-state index is 13.5. The van der Waals surface area contributed by atoms with Gasteiger partial charge in [0, 0.05) is 6.54 Å². The predicted octanol–water partition coefficient (Wildman–Crippen LogP) is 3.75. The van der Waals surface area contributed by atoms with Crippen molar-refractivity contribution < 1.29 is 9.53 Å². The average Bonchev–Trinajstić information content (AvgIpc) is 3.16. The Morgan fingerprint density at radius 1 is 1.29 bits per heavy atom. The van der Waals surface area contributed by atoms with Gasteiger partial charge in [-0.15, -0.1) is 0 Å². The van der Waals surface area contributed by atoms with Crippen LogP contribution >= 0.6 is 11.5 Å². The number of rotatable bonds is 9. The van der Waals surface area contributed by atoms with Gasteiger partial charge < -0.3 is 10.1 Å². The minimum atomic E-state index is -0.595. The molecule has 0 aliphatic carbocycles. The number of carbonyl (C=O) groups is 1. The number of aryl methyl sites for hydroxylation is 1. The highest BCUT2D eigenvalue weighted by molar-refractivity contribution is 7.12. The summed E-state index contributed by atoms with van der Waals surface area (Å²) in [6.07, 6.45) is 0.809. The Bertz CT molecular complexity index is 1170. The van der Waals surface area contributed by atoms with Gasteiger partial charge in [-0.05, 0) is 64.2 Å². The molecule has 0 aliphatic heterocycles. The van der Waals surface area contributed by atoms with Crippen LogP contribution in [0.2, 0.25) is 0 Å². The minimum Gasteiger partial charge on any atom is -0.443 e. The molecule has 0 saturated heterocycles. The molecule has 0 saturated carbocycles. The van der Waals surface area contributed by atoms with Gasteiger partial charge in [0.2, 0.25) is 0 Å². The molecule has 184 valence electrons. The van der Waals surface area contributed by atoms with Crippen molar-refractivity contribution in [2.24, 2.45) is 5.84 Å². The van der Waals surface area contributed by atoms with Crippen molar-refractivity contribution in [1.29, 1.82) is 0 Å². The number of aromatic nitrogens is 3. The topological polar surface area (TPSA) is 115 Å². The fourth-order valence-electron chi connectivity index (χ4n) is 3.62. The van der Waals surface area contributed by atoms with Crippen molar-refractivity contribution in [3.63, 3.8) is 0 Å². The first-order valence-corrected chi connectivity index (χ1v) is 12.3. The molecule has 1 amide bonds. The highest BCUT2D eigenvalue weighted by Gasteiger charge is 2.22. The quantitative estimate of drug-likeness (QED) is 0.205. The lowest BCUT2D eigenvalue weighted by Crippen LogP contribution is -2.42. The average molecular weight is 487 g/mol. The molecule has 1 atom stereocenters. The zero-order valence-corrected chi connectivity index (χ0v) is 21.3. The van der Waals surface area contributed by atoms with Crippen LogP contribution in [0.4, 0.5) is 4.79 Å². The maximum Gasteiger partial charge on any atom is 0.424 e. The molecular weight excluding hydrogens is 452 g/mol. The number of hydrogen-bond donors (Lipinski definition) is 2. The third-order valence-electron chi connectivity index (χ3n) is 5.29. The van der Waals surface area contributed by atoms with E-state index in [9.17, 15) is 9.59 Å². The zero-order chi connectivity index (χ0) is 24.9. The summed E-state index contributed by atoms with van der Waals surface area (Å²) >= 11 is 1.25. The van der Waals surface area contributed by atoms with Crippen LogP contribution < -0.4 is 16.7 Å². The van der Waals surface area contributed by atoms with Crippen LogP contribution in [0.5, 0.6) is 0 Å². The van der Waals surface area contributed by atoms with Crippen LogP contribution in [-0.2, 0) is 11.3 Å². The third kappa shape index (κ3) is 6.40. The minimum absolute atomic E-state index is 0.0755. The Hall–Kier alpha value is -2.82. The maximum absolute atomic E-state index is 13.5. The summed E-state index contributed by atoms with van der Waals surface area (Å²) in [6, 6.07) is 9.73. The van der Waals surface area contributed by atoms with Gasteiger partial charge >= 0.3 is 6.09 Å². The molecule has 0 aliphatic rings. The van der Waals surface area contributed by atoms with E-state index in [0.717, 1.165) is 17.0 Å². The van der Waals surface area contributed by atoms with Crippen LogP contribution in [0, 0.1) is 6.92 Å². The number of fused-ring (bicyclic) bond motifs is 1. The van der Waals surface area contributed by atoms with E-state index in [1.165, 1.54) is 11.5 Å². The fourth-order valence-corrected chi connectivity index (χ4v) is 4.40. The SMILES string of the molecule is CCC(NCCCN(N)C(=O)OC(C)(C)C)c1nc2snc(C)c2c(=O)n1Cc1ccccc1. The molecule has 1 unspecified atom stereocenters. The van der Waals surface area contributed by atoms with Crippen LogP contribution in [0.3, 0.4) is 0 Å². The van der Waals surface area contributed by atoms with Crippen molar-refractivity contribution in [1.82, 2.24) is 24.3 Å². The molecule has 3 aromatic rings. The Balaban J connectivity index is 1.77. The van der Waals surface area contributed by atoms with Crippen molar-refractivity contribution in [3.8, 4) is 0 Å². The molecule has 1 aromatic carbocycles. The van der Waals surface area contributed by atoms with Gasteiger partial charge in [0.25, 0.3) is 5.56 Å². The Morgan fingerprint density at radius 2 is 2.00 bits per heavy atom. The summed E-state index contributed by atoms with van der Waals surface area (Å²) in [4.78, 5) is 31.0. The van der Waals surface area contributed by atoms with Crippen molar-refractivity contribution in [2.75, 3.05) is 13.1 Å². The molecule has 3 N–H and O–H groups in total. The highest BCUT2D eigenvalue weighted by Crippen LogP contribution is 2.22. The number of hydrogen-bond acceptors (Lipinski definition) is 8. The molecule has 9 nitrogen and oxygen atoms in total. The lowest BCUT2D eigenvalue weighted by atomic mass is 10.1. The number of amides is 1. The number of benzene rings is 1. The first-order chi connectivity index (χ1) is 16.1. The molecule has 2 heterocycles. The Morgan fingerprint density at radius 3 is 2.65 bits per heavy atom. The van der Waals surface area contributed by atoms with E-state index < -0.39 is 11.7 Å². The van der Waals surface area contributed by atoms with E-state index in [-0.39, 0.29) is 11.6 Å². The summed E-state index contributed by atoms with van der Waals surface area (Å²) in [7, 11) is 0. The number of nitrogens with two attached hydrogens (primary N) is 1. The summed E-state index contributed by atoms with van der Waals surface area (Å²) in [5.74, 6) is 6.53. The number of ether oxygens (including phenoxy) is 1. The van der Waals surface area contributed by atoms with Crippen LogP contribution in [-0.4, -0.2) is 43.7 Å². The molecule has 2 aromatic heterocycles. The second-order valence-electron chi connectivity index (χ2n) is 9.24. The van der Waals surface area contributed by atoms with E-state index in [0.29, 0.717) is 47.8 Å². The fraction of sp³-hybridized carbons (Fsp3) is 0.500. The molecule has 10 heteroatoms. The van der Waals surface area contributed by atoms with Crippen LogP contribution in [0.25, 0.3) is 10.2 Å². The molecular formula is C24H34N6O3S. The van der Waals surface area contributed by atoms with Gasteiger partial charge in [-0.2, -0.15) is 4.37 Å². The molecule has 0 bridgehead atoms. The summed E-state index contributed by atoms with van der Waals surface area (Å²) < 4.78 is 11.4. The monoisotopic (exact) mass is 486 g/mol. The summed E-state index contributed by atoms with van der Waals surface area (Å²) in [5.41, 5.74) is 1.06. The van der Waals surface area contributed by atoms with E-state index >= 15 is 0 Å². The van der Waals surface area contributed by atoms with Gasteiger partial charge in [0.1, 0.15) is 11.4 Å². The van der Waals surface area contributed by atoms with Crippen LogP contribution in [0.1, 0.15) is 63.7 Å². The van der Waals surface area contributed by atoms with E-state index in [1.807, 2.05) is 37.3 Å². The Kier molecular flexibility index (Phi) is 8.40. The second-order valence-corrected chi connectivity index (χ2v) is 9.99. The van der Waals surface area contributed by atoms with E-state index in [1.54, 1.807) is 25.3 Å². The van der Waals surface area contributed by atoms with Gasteiger partial charge in [0.15, 0.2) is 4.83 Å². The first kappa shape index (κ1) is 25.8. The molecule has 34 heavy (non-hydrogen) atoms. The number of hydrazine groups is 1. The number of nitrogens with one attached hydrogen (secondary N) is 1.